The molecule has 4 aromatic rings. The summed E-state index contributed by atoms with van der Waals surface area (Å²) in [6.45, 7) is 6.48. The number of ether oxygens (including phenoxy) is 4. The zero-order valence-electron chi connectivity index (χ0n) is 24.9. The summed E-state index contributed by atoms with van der Waals surface area (Å²) < 4.78 is 27.5. The molecule has 1 atom stereocenters. The van der Waals surface area contributed by atoms with Gasteiger partial charge in [-0.25, -0.2) is 9.79 Å². The molecular weight excluding hydrogens is 886 g/mol. The maximum Gasteiger partial charge on any atom is 0.338 e. The van der Waals surface area contributed by atoms with Crippen molar-refractivity contribution >= 4 is 84.5 Å². The number of fused-ring (bicyclic) bond motifs is 1. The summed E-state index contributed by atoms with van der Waals surface area (Å²) in [7, 11) is 1.55. The molecule has 45 heavy (non-hydrogen) atoms. The lowest BCUT2D eigenvalue weighted by Gasteiger charge is -2.26. The van der Waals surface area contributed by atoms with E-state index in [2.05, 4.69) is 61.1 Å². The second-order valence-electron chi connectivity index (χ2n) is 9.85. The average Bonchev–Trinajstić information content (AvgIpc) is 3.30. The zero-order chi connectivity index (χ0) is 32.2. The smallest absolute Gasteiger partial charge is 0.338 e. The van der Waals surface area contributed by atoms with Gasteiger partial charge in [0.25, 0.3) is 5.56 Å². The molecule has 0 aliphatic carbocycles. The number of thiazole rings is 1. The second-order valence-corrected chi connectivity index (χ2v) is 14.0. The van der Waals surface area contributed by atoms with Crippen LogP contribution in [-0.4, -0.2) is 30.9 Å². The van der Waals surface area contributed by atoms with Gasteiger partial charge in [-0.2, -0.15) is 0 Å². The van der Waals surface area contributed by atoms with Crippen molar-refractivity contribution in [2.45, 2.75) is 33.4 Å². The van der Waals surface area contributed by atoms with Crippen LogP contribution in [0.25, 0.3) is 6.08 Å². The van der Waals surface area contributed by atoms with Crippen molar-refractivity contribution < 1.29 is 23.7 Å². The maximum atomic E-state index is 14.2. The highest BCUT2D eigenvalue weighted by molar-refractivity contribution is 14.1. The monoisotopic (exact) mass is 914 g/mol. The first kappa shape index (κ1) is 33.7. The first-order valence-electron chi connectivity index (χ1n) is 14.0. The molecule has 2 heterocycles. The Balaban J connectivity index is 1.62. The van der Waals surface area contributed by atoms with Crippen LogP contribution in [0.5, 0.6) is 17.2 Å². The van der Waals surface area contributed by atoms with E-state index in [4.69, 9.17) is 23.9 Å². The number of aromatic nitrogens is 1. The van der Waals surface area contributed by atoms with Gasteiger partial charge >= 0.3 is 5.97 Å². The minimum Gasteiger partial charge on any atom is -0.493 e. The van der Waals surface area contributed by atoms with Crippen molar-refractivity contribution in [2.75, 3.05) is 20.3 Å². The number of nitrogens with zero attached hydrogens (tertiary/aromatic N) is 2. The van der Waals surface area contributed by atoms with Crippen LogP contribution in [0.3, 0.4) is 0 Å². The number of carbonyl (C=O) groups excluding carboxylic acids is 1. The summed E-state index contributed by atoms with van der Waals surface area (Å²) in [6.07, 6.45) is 1.85. The van der Waals surface area contributed by atoms with Crippen LogP contribution in [-0.2, 0) is 16.1 Å². The molecular formula is C33H29BrI2N2O6S. The topological polar surface area (TPSA) is 88.4 Å². The largest absolute Gasteiger partial charge is 0.493 e. The first-order valence-corrected chi connectivity index (χ1v) is 17.8. The van der Waals surface area contributed by atoms with Crippen LogP contribution in [0.2, 0.25) is 0 Å². The van der Waals surface area contributed by atoms with Crippen LogP contribution in [0.15, 0.2) is 80.1 Å². The number of esters is 1. The molecule has 0 fully saturated rings. The molecule has 1 aliphatic rings. The summed E-state index contributed by atoms with van der Waals surface area (Å²) in [6, 6.07) is 16.7. The second kappa shape index (κ2) is 14.8. The third kappa shape index (κ3) is 7.18. The summed E-state index contributed by atoms with van der Waals surface area (Å²) in [5, 5.41) is 0. The predicted molar refractivity (Wildman–Crippen MR) is 195 cm³/mol. The molecule has 0 N–H and O–H groups in total. The highest BCUT2D eigenvalue weighted by Gasteiger charge is 2.35. The molecule has 12 heteroatoms. The quantitative estimate of drug-likeness (QED) is 0.129. The Bertz CT molecular complexity index is 1950. The van der Waals surface area contributed by atoms with Gasteiger partial charge in [0.2, 0.25) is 0 Å². The number of methoxy groups -OCH3 is 1. The van der Waals surface area contributed by atoms with Crippen molar-refractivity contribution in [1.82, 2.24) is 4.57 Å². The van der Waals surface area contributed by atoms with E-state index in [9.17, 15) is 9.59 Å². The van der Waals surface area contributed by atoms with E-state index < -0.39 is 12.0 Å². The Morgan fingerprint density at radius 3 is 2.40 bits per heavy atom. The Morgan fingerprint density at radius 2 is 1.76 bits per heavy atom. The third-order valence-electron chi connectivity index (χ3n) is 6.94. The summed E-state index contributed by atoms with van der Waals surface area (Å²) in [5.41, 5.74) is 3.07. The molecule has 0 saturated heterocycles. The fourth-order valence-corrected chi connectivity index (χ4v) is 8.67. The zero-order valence-corrected chi connectivity index (χ0v) is 31.6. The van der Waals surface area contributed by atoms with Crippen LogP contribution in [0.4, 0.5) is 0 Å². The standard InChI is InChI=1S/C33H29BrI2N2O6S/c1-5-42-26-16-22(34)21(15-25(26)41-4)29-28(32(40)43-6-2)18(3)37-33-38(29)31(39)27(45-33)14-20-12-23(35)30(24(36)13-20)44-17-19-10-8-7-9-11-19/h7-16,29H,5-6,17H2,1-4H3/b27-14+/t29-/m1/s1. The lowest BCUT2D eigenvalue weighted by molar-refractivity contribution is -0.139. The number of halogens is 3. The Hall–Kier alpha value is -2.69. The van der Waals surface area contributed by atoms with Gasteiger partial charge in [-0.1, -0.05) is 57.6 Å². The molecule has 5 rings (SSSR count). The molecule has 0 spiro atoms. The molecule has 0 amide bonds. The molecule has 0 unspecified atom stereocenters. The highest BCUT2D eigenvalue weighted by Crippen LogP contribution is 2.41. The summed E-state index contributed by atoms with van der Waals surface area (Å²) in [5.74, 6) is 1.28. The van der Waals surface area contributed by atoms with Gasteiger partial charge in [0.15, 0.2) is 16.3 Å². The minimum absolute atomic E-state index is 0.183. The first-order chi connectivity index (χ1) is 21.7. The maximum absolute atomic E-state index is 14.2. The minimum atomic E-state index is -0.810. The Morgan fingerprint density at radius 1 is 1.04 bits per heavy atom. The molecule has 3 aromatic carbocycles. The van der Waals surface area contributed by atoms with Gasteiger partial charge < -0.3 is 18.9 Å². The van der Waals surface area contributed by atoms with Crippen molar-refractivity contribution in [3.63, 3.8) is 0 Å². The molecule has 0 bridgehead atoms. The van der Waals surface area contributed by atoms with Crippen LogP contribution >= 0.6 is 72.4 Å². The number of rotatable bonds is 10. The summed E-state index contributed by atoms with van der Waals surface area (Å²) in [4.78, 5) is 32.7. The molecule has 1 aromatic heterocycles. The number of hydrogen-bond donors (Lipinski definition) is 0. The molecule has 8 nitrogen and oxygen atoms in total. The summed E-state index contributed by atoms with van der Waals surface area (Å²) >= 11 is 9.45. The van der Waals surface area contributed by atoms with E-state index in [0.717, 1.165) is 24.0 Å². The third-order valence-corrected chi connectivity index (χ3v) is 10.2. The highest BCUT2D eigenvalue weighted by atomic mass is 127. The SMILES string of the molecule is CCOC(=O)C1=C(C)N=c2s/c(=C/c3cc(I)c(OCc4ccccc4)c(I)c3)c(=O)n2[C@@H]1c1cc(OC)c(OCC)cc1Br. The van der Waals surface area contributed by atoms with Gasteiger partial charge in [0.1, 0.15) is 12.4 Å². The van der Waals surface area contributed by atoms with E-state index in [1.807, 2.05) is 55.5 Å². The predicted octanol–water partition coefficient (Wildman–Crippen LogP) is 6.76. The number of allylic oxidation sites excluding steroid dienone is 1. The number of carbonyl (C=O) groups is 1. The van der Waals surface area contributed by atoms with Crippen molar-refractivity contribution in [3.05, 3.63) is 114 Å². The normalized spacial score (nSPS) is 14.6. The van der Waals surface area contributed by atoms with Gasteiger partial charge in [-0.3, -0.25) is 9.36 Å². The molecule has 0 saturated carbocycles. The number of hydrogen-bond acceptors (Lipinski definition) is 8. The average molecular weight is 915 g/mol. The van der Waals surface area contributed by atoms with E-state index in [1.54, 1.807) is 37.7 Å². The van der Waals surface area contributed by atoms with Gasteiger partial charge in [0.05, 0.1) is 49.3 Å². The lowest BCUT2D eigenvalue weighted by atomic mass is 9.95. The fourth-order valence-electron chi connectivity index (χ4n) is 4.96. The molecule has 1 aliphatic heterocycles. The van der Waals surface area contributed by atoms with Crippen molar-refractivity contribution in [2.24, 2.45) is 4.99 Å². The lowest BCUT2D eigenvalue weighted by Crippen LogP contribution is -2.40. The molecule has 234 valence electrons. The van der Waals surface area contributed by atoms with Gasteiger partial charge in [0, 0.05) is 4.47 Å². The van der Waals surface area contributed by atoms with E-state index in [1.165, 1.54) is 11.3 Å². The Kier molecular flexibility index (Phi) is 11.1. The molecule has 0 radical (unpaired) electrons. The van der Waals surface area contributed by atoms with Crippen LogP contribution in [0, 0.1) is 7.14 Å². The Labute approximate surface area is 300 Å². The van der Waals surface area contributed by atoms with Gasteiger partial charge in [-0.05, 0) is 113 Å². The van der Waals surface area contributed by atoms with Crippen molar-refractivity contribution in [3.8, 4) is 17.2 Å². The fraction of sp³-hybridized carbons (Fsp3) is 0.242. The van der Waals surface area contributed by atoms with Crippen LogP contribution < -0.4 is 29.1 Å². The van der Waals surface area contributed by atoms with E-state index in [0.29, 0.717) is 49.8 Å². The van der Waals surface area contributed by atoms with E-state index >= 15 is 0 Å². The van der Waals surface area contributed by atoms with E-state index in [-0.39, 0.29) is 17.7 Å². The van der Waals surface area contributed by atoms with Crippen molar-refractivity contribution in [1.29, 1.82) is 0 Å². The van der Waals surface area contributed by atoms with Gasteiger partial charge in [-0.15, -0.1) is 0 Å². The number of benzene rings is 3. The van der Waals surface area contributed by atoms with Crippen LogP contribution in [0.1, 0.15) is 43.5 Å².